The van der Waals surface area contributed by atoms with Gasteiger partial charge in [0.05, 0.1) is 0 Å². The minimum absolute atomic E-state index is 0.143. The molecule has 1 aliphatic heterocycles. The van der Waals surface area contributed by atoms with E-state index >= 15 is 0 Å². The summed E-state index contributed by atoms with van der Waals surface area (Å²) < 4.78 is 5.73. The normalized spacial score (nSPS) is 16.6. The van der Waals surface area contributed by atoms with Crippen LogP contribution in [0.5, 0.6) is 5.75 Å². The van der Waals surface area contributed by atoms with E-state index in [2.05, 4.69) is 0 Å². The molecule has 0 spiro atoms. The van der Waals surface area contributed by atoms with Crippen molar-refractivity contribution in [3.8, 4) is 5.75 Å². The van der Waals surface area contributed by atoms with Crippen molar-refractivity contribution in [2.75, 3.05) is 13.2 Å². The van der Waals surface area contributed by atoms with Gasteiger partial charge in [0.25, 0.3) is 5.91 Å². The lowest BCUT2D eigenvalue weighted by Crippen LogP contribution is -2.42. The average Bonchev–Trinajstić information content (AvgIpc) is 3.12. The molecule has 2 aromatic carbocycles. The van der Waals surface area contributed by atoms with E-state index in [1.807, 2.05) is 54.6 Å². The van der Waals surface area contributed by atoms with Gasteiger partial charge in [0.15, 0.2) is 6.61 Å². The topological polar surface area (TPSA) is 66.8 Å². The molecular weight excluding hydrogens is 318 g/mol. The summed E-state index contributed by atoms with van der Waals surface area (Å²) in [6, 6.07) is 16.9. The Morgan fingerprint density at radius 3 is 2.56 bits per heavy atom. The summed E-state index contributed by atoms with van der Waals surface area (Å²) in [5.74, 6) is -0.569. The Labute approximate surface area is 146 Å². The van der Waals surface area contributed by atoms with Crippen LogP contribution in [0, 0.1) is 0 Å². The van der Waals surface area contributed by atoms with Crippen LogP contribution in [-0.4, -0.2) is 41.1 Å². The fourth-order valence-electron chi connectivity index (χ4n) is 3.15. The van der Waals surface area contributed by atoms with E-state index in [4.69, 9.17) is 4.74 Å². The lowest BCUT2D eigenvalue weighted by atomic mass is 10.0. The molecule has 1 saturated heterocycles. The number of para-hydroxylation sites is 1. The average molecular weight is 339 g/mol. The third-order valence-electron chi connectivity index (χ3n) is 4.42. The number of amides is 1. The number of likely N-dealkylation sites (tertiary alicyclic amines) is 1. The second-order valence-electron chi connectivity index (χ2n) is 6.14. The molecule has 1 amide bonds. The summed E-state index contributed by atoms with van der Waals surface area (Å²) >= 11 is 0. The molecule has 0 unspecified atom stereocenters. The first-order valence-corrected chi connectivity index (χ1v) is 8.42. The number of carboxylic acid groups (broad SMARTS) is 1. The summed E-state index contributed by atoms with van der Waals surface area (Å²) in [4.78, 5) is 25.0. The molecule has 0 aliphatic carbocycles. The first kappa shape index (κ1) is 17.0. The molecule has 0 aromatic heterocycles. The van der Waals surface area contributed by atoms with Crippen LogP contribution < -0.4 is 4.74 Å². The minimum Gasteiger partial charge on any atom is -0.483 e. The first-order chi connectivity index (χ1) is 12.1. The monoisotopic (exact) mass is 339 g/mol. The summed E-state index contributed by atoms with van der Waals surface area (Å²) in [5.41, 5.74) is 2.16. The molecular formula is C20H21NO4. The fraction of sp³-hybridized carbons (Fsp3) is 0.300. The number of hydrogen-bond donors (Lipinski definition) is 1. The molecule has 1 heterocycles. The van der Waals surface area contributed by atoms with Crippen LogP contribution in [-0.2, 0) is 16.0 Å². The maximum atomic E-state index is 12.3. The van der Waals surface area contributed by atoms with Crippen LogP contribution in [0.4, 0.5) is 0 Å². The molecule has 2 aromatic rings. The molecule has 25 heavy (non-hydrogen) atoms. The van der Waals surface area contributed by atoms with Crippen molar-refractivity contribution in [2.45, 2.75) is 25.3 Å². The number of benzene rings is 2. The highest BCUT2D eigenvalue weighted by Gasteiger charge is 2.33. The smallest absolute Gasteiger partial charge is 0.326 e. The first-order valence-electron chi connectivity index (χ1n) is 8.42. The number of nitrogens with zero attached hydrogens (tertiary/aromatic N) is 1. The number of carbonyl (C=O) groups is 2. The predicted octanol–water partition coefficient (Wildman–Crippen LogP) is 2.73. The number of carbonyl (C=O) groups excluding carboxylic acids is 1. The largest absolute Gasteiger partial charge is 0.483 e. The molecule has 1 fully saturated rings. The SMILES string of the molecule is O=C(O)[C@@H]1CCCN1C(=O)COc1ccccc1Cc1ccccc1. The van der Waals surface area contributed by atoms with Crippen LogP contribution in [0.2, 0.25) is 0 Å². The van der Waals surface area contributed by atoms with Gasteiger partial charge in [-0.3, -0.25) is 4.79 Å². The van der Waals surface area contributed by atoms with Crippen LogP contribution in [0.3, 0.4) is 0 Å². The van der Waals surface area contributed by atoms with Gasteiger partial charge >= 0.3 is 5.97 Å². The van der Waals surface area contributed by atoms with Crippen molar-refractivity contribution in [2.24, 2.45) is 0 Å². The van der Waals surface area contributed by atoms with Crippen molar-refractivity contribution in [3.05, 3.63) is 65.7 Å². The Morgan fingerprint density at radius 1 is 1.08 bits per heavy atom. The van der Waals surface area contributed by atoms with Gasteiger partial charge in [0, 0.05) is 13.0 Å². The van der Waals surface area contributed by atoms with E-state index in [9.17, 15) is 14.7 Å². The highest BCUT2D eigenvalue weighted by molar-refractivity contribution is 5.85. The zero-order chi connectivity index (χ0) is 17.6. The van der Waals surface area contributed by atoms with E-state index in [0.29, 0.717) is 31.6 Å². The number of aliphatic carboxylic acids is 1. The third kappa shape index (κ3) is 4.18. The van der Waals surface area contributed by atoms with E-state index in [-0.39, 0.29) is 12.5 Å². The van der Waals surface area contributed by atoms with Gasteiger partial charge in [-0.25, -0.2) is 4.79 Å². The van der Waals surface area contributed by atoms with E-state index in [1.54, 1.807) is 0 Å². The Balaban J connectivity index is 1.65. The minimum atomic E-state index is -0.949. The highest BCUT2D eigenvalue weighted by Crippen LogP contribution is 2.22. The zero-order valence-electron chi connectivity index (χ0n) is 13.9. The summed E-state index contributed by atoms with van der Waals surface area (Å²) in [6.07, 6.45) is 1.94. The van der Waals surface area contributed by atoms with Crippen molar-refractivity contribution in [3.63, 3.8) is 0 Å². The molecule has 0 saturated carbocycles. The lowest BCUT2D eigenvalue weighted by molar-refractivity contribution is -0.148. The molecule has 0 bridgehead atoms. The zero-order valence-corrected chi connectivity index (χ0v) is 13.9. The van der Waals surface area contributed by atoms with E-state index < -0.39 is 12.0 Å². The molecule has 5 nitrogen and oxygen atoms in total. The number of carboxylic acids is 1. The molecule has 1 N–H and O–H groups in total. The Hall–Kier alpha value is -2.82. The van der Waals surface area contributed by atoms with Crippen molar-refractivity contribution in [1.29, 1.82) is 0 Å². The second-order valence-corrected chi connectivity index (χ2v) is 6.14. The maximum Gasteiger partial charge on any atom is 0.326 e. The number of hydrogen-bond acceptors (Lipinski definition) is 3. The summed E-state index contributed by atoms with van der Waals surface area (Å²) in [7, 11) is 0. The number of ether oxygens (including phenoxy) is 1. The molecule has 0 radical (unpaired) electrons. The predicted molar refractivity (Wildman–Crippen MR) is 93.6 cm³/mol. The van der Waals surface area contributed by atoms with Gasteiger partial charge in [-0.05, 0) is 30.0 Å². The van der Waals surface area contributed by atoms with Crippen LogP contribution in [0.25, 0.3) is 0 Å². The lowest BCUT2D eigenvalue weighted by Gasteiger charge is -2.21. The standard InChI is InChI=1S/C20H21NO4/c22-19(21-12-6-10-17(21)20(23)24)14-25-18-11-5-4-9-16(18)13-15-7-2-1-3-8-15/h1-5,7-9,11,17H,6,10,12-14H2,(H,23,24)/t17-/m0/s1. The van der Waals surface area contributed by atoms with E-state index in [1.165, 1.54) is 4.90 Å². The van der Waals surface area contributed by atoms with E-state index in [0.717, 1.165) is 11.1 Å². The fourth-order valence-corrected chi connectivity index (χ4v) is 3.15. The third-order valence-corrected chi connectivity index (χ3v) is 4.42. The Morgan fingerprint density at radius 2 is 1.80 bits per heavy atom. The van der Waals surface area contributed by atoms with Gasteiger partial charge in [-0.2, -0.15) is 0 Å². The maximum absolute atomic E-state index is 12.3. The molecule has 5 heteroatoms. The van der Waals surface area contributed by atoms with Gasteiger partial charge in [0.2, 0.25) is 0 Å². The van der Waals surface area contributed by atoms with Gasteiger partial charge in [-0.15, -0.1) is 0 Å². The Bertz CT molecular complexity index is 744. The quantitative estimate of drug-likeness (QED) is 0.879. The Kier molecular flexibility index (Phi) is 5.33. The second kappa shape index (κ2) is 7.83. The van der Waals surface area contributed by atoms with Crippen LogP contribution >= 0.6 is 0 Å². The highest BCUT2D eigenvalue weighted by atomic mass is 16.5. The summed E-state index contributed by atoms with van der Waals surface area (Å²) in [5, 5.41) is 9.19. The van der Waals surface area contributed by atoms with Gasteiger partial charge < -0.3 is 14.7 Å². The van der Waals surface area contributed by atoms with Gasteiger partial charge in [0.1, 0.15) is 11.8 Å². The molecule has 1 atom stereocenters. The van der Waals surface area contributed by atoms with Crippen LogP contribution in [0.1, 0.15) is 24.0 Å². The molecule has 130 valence electrons. The summed E-state index contributed by atoms with van der Waals surface area (Å²) in [6.45, 7) is 0.334. The van der Waals surface area contributed by atoms with Crippen LogP contribution in [0.15, 0.2) is 54.6 Å². The van der Waals surface area contributed by atoms with Gasteiger partial charge in [-0.1, -0.05) is 48.5 Å². The van der Waals surface area contributed by atoms with Crippen molar-refractivity contribution >= 4 is 11.9 Å². The number of rotatable bonds is 6. The van der Waals surface area contributed by atoms with Crippen molar-refractivity contribution in [1.82, 2.24) is 4.90 Å². The molecule has 3 rings (SSSR count). The van der Waals surface area contributed by atoms with Crippen molar-refractivity contribution < 1.29 is 19.4 Å². The molecule has 1 aliphatic rings.